The van der Waals surface area contributed by atoms with Crippen LogP contribution < -0.4 is 0 Å². The summed E-state index contributed by atoms with van der Waals surface area (Å²) >= 11 is 5.31. The molecule has 0 saturated heterocycles. The maximum absolute atomic E-state index is 12.3. The number of aryl methyl sites for hydroxylation is 1. The van der Waals surface area contributed by atoms with Crippen molar-refractivity contribution in [1.29, 1.82) is 0 Å². The third-order valence-electron chi connectivity index (χ3n) is 1.67. The number of aromatic amines is 1. The van der Waals surface area contributed by atoms with Crippen molar-refractivity contribution in [2.24, 2.45) is 0 Å². The molecule has 8 heteroatoms. The van der Waals surface area contributed by atoms with E-state index in [4.69, 9.17) is 16.7 Å². The number of rotatable bonds is 3. The minimum absolute atomic E-state index is 0.00767. The van der Waals surface area contributed by atoms with Gasteiger partial charge in [0.1, 0.15) is 5.56 Å². The number of hydrogen-bond acceptors (Lipinski definition) is 2. The number of aromatic carboxylic acids is 1. The molecule has 0 atom stereocenters. The van der Waals surface area contributed by atoms with Gasteiger partial charge in [-0.05, 0) is 0 Å². The van der Waals surface area contributed by atoms with E-state index in [1.54, 1.807) is 0 Å². The average Bonchev–Trinajstić information content (AvgIpc) is 2.47. The minimum atomic E-state index is -4.78. The van der Waals surface area contributed by atoms with Gasteiger partial charge in [-0.25, -0.2) is 4.79 Å². The molecule has 1 aromatic rings. The molecular weight excluding hydrogens is 237 g/mol. The van der Waals surface area contributed by atoms with Gasteiger partial charge in [0.2, 0.25) is 0 Å². The van der Waals surface area contributed by atoms with Crippen LogP contribution in [0.2, 0.25) is 0 Å². The lowest BCUT2D eigenvalue weighted by Gasteiger charge is -2.03. The maximum atomic E-state index is 12.3. The van der Waals surface area contributed by atoms with Crippen LogP contribution >= 0.6 is 11.6 Å². The largest absolute Gasteiger partial charge is 0.478 e. The van der Waals surface area contributed by atoms with Crippen LogP contribution in [-0.4, -0.2) is 27.2 Å². The number of H-pyrrole nitrogens is 1. The van der Waals surface area contributed by atoms with Gasteiger partial charge in [0.15, 0.2) is 5.69 Å². The molecule has 4 nitrogen and oxygen atoms in total. The van der Waals surface area contributed by atoms with E-state index in [1.165, 1.54) is 0 Å². The van der Waals surface area contributed by atoms with Crippen LogP contribution in [0.15, 0.2) is 0 Å². The molecule has 0 aliphatic rings. The number of aromatic nitrogens is 2. The van der Waals surface area contributed by atoms with Crippen molar-refractivity contribution in [3.63, 3.8) is 0 Å². The lowest BCUT2D eigenvalue weighted by molar-refractivity contribution is -0.141. The second-order valence-corrected chi connectivity index (χ2v) is 3.05. The molecule has 1 rings (SSSR count). The molecule has 0 fully saturated rings. The summed E-state index contributed by atoms with van der Waals surface area (Å²) in [5.41, 5.74) is -2.40. The van der Waals surface area contributed by atoms with Crippen molar-refractivity contribution in [2.75, 3.05) is 5.88 Å². The molecule has 0 aliphatic heterocycles. The molecule has 2 N–H and O–H groups in total. The van der Waals surface area contributed by atoms with Crippen LogP contribution in [0.25, 0.3) is 0 Å². The molecule has 0 aromatic carbocycles. The number of carboxylic acids is 1. The summed E-state index contributed by atoms with van der Waals surface area (Å²) in [4.78, 5) is 10.6. The zero-order chi connectivity index (χ0) is 11.6. The Morgan fingerprint density at radius 2 is 2.13 bits per heavy atom. The van der Waals surface area contributed by atoms with E-state index in [0.717, 1.165) is 0 Å². The molecule has 1 aromatic heterocycles. The zero-order valence-corrected chi connectivity index (χ0v) is 7.98. The van der Waals surface area contributed by atoms with E-state index in [9.17, 15) is 18.0 Å². The standard InChI is InChI=1S/C7H6ClF3N2O2/c8-2-1-3-4(6(14)15)5(13-12-3)7(9,10)11/h1-2H2,(H,12,13)(H,14,15). The Morgan fingerprint density at radius 1 is 1.53 bits per heavy atom. The van der Waals surface area contributed by atoms with Crippen molar-refractivity contribution in [2.45, 2.75) is 12.6 Å². The normalized spacial score (nSPS) is 11.7. The molecule has 0 amide bonds. The topological polar surface area (TPSA) is 66.0 Å². The van der Waals surface area contributed by atoms with Crippen molar-refractivity contribution in [3.8, 4) is 0 Å². The quantitative estimate of drug-likeness (QED) is 0.796. The highest BCUT2D eigenvalue weighted by atomic mass is 35.5. The second-order valence-electron chi connectivity index (χ2n) is 2.67. The van der Waals surface area contributed by atoms with Crippen LogP contribution in [0.3, 0.4) is 0 Å². The van der Waals surface area contributed by atoms with Crippen LogP contribution in [0, 0.1) is 0 Å². The average molecular weight is 243 g/mol. The fourth-order valence-corrected chi connectivity index (χ4v) is 1.28. The molecule has 84 valence electrons. The van der Waals surface area contributed by atoms with E-state index in [-0.39, 0.29) is 18.0 Å². The SMILES string of the molecule is O=C(O)c1c(C(F)(F)F)n[nH]c1CCCl. The number of nitrogens with zero attached hydrogens (tertiary/aromatic N) is 1. The highest BCUT2D eigenvalue weighted by Gasteiger charge is 2.40. The molecule has 0 aliphatic carbocycles. The van der Waals surface area contributed by atoms with Crippen molar-refractivity contribution in [1.82, 2.24) is 10.2 Å². The Kier molecular flexibility index (Phi) is 3.23. The van der Waals surface area contributed by atoms with Gasteiger partial charge in [-0.15, -0.1) is 11.6 Å². The van der Waals surface area contributed by atoms with Crippen molar-refractivity contribution < 1.29 is 23.1 Å². The molecule has 0 bridgehead atoms. The zero-order valence-electron chi connectivity index (χ0n) is 7.23. The van der Waals surface area contributed by atoms with Gasteiger partial charge in [0, 0.05) is 12.3 Å². The molecule has 1 heterocycles. The highest BCUT2D eigenvalue weighted by molar-refractivity contribution is 6.18. The van der Waals surface area contributed by atoms with E-state index in [0.29, 0.717) is 0 Å². The Labute approximate surface area is 87.0 Å². The van der Waals surface area contributed by atoms with Crippen molar-refractivity contribution >= 4 is 17.6 Å². The van der Waals surface area contributed by atoms with E-state index >= 15 is 0 Å². The number of halogens is 4. The third kappa shape index (κ3) is 2.41. The Balaban J connectivity index is 3.24. The Bertz CT molecular complexity index is 375. The smallest absolute Gasteiger partial charge is 0.436 e. The molecule has 15 heavy (non-hydrogen) atoms. The number of carboxylic acid groups (broad SMARTS) is 1. The van der Waals surface area contributed by atoms with Crippen LogP contribution in [0.4, 0.5) is 13.2 Å². The first-order valence-corrected chi connectivity index (χ1v) is 4.35. The predicted octanol–water partition coefficient (Wildman–Crippen LogP) is 1.91. The second kappa shape index (κ2) is 4.09. The number of carbonyl (C=O) groups is 1. The van der Waals surface area contributed by atoms with E-state index in [1.807, 2.05) is 5.10 Å². The maximum Gasteiger partial charge on any atom is 0.436 e. The van der Waals surface area contributed by atoms with Gasteiger partial charge in [-0.3, -0.25) is 5.10 Å². The first kappa shape index (κ1) is 11.8. The van der Waals surface area contributed by atoms with Gasteiger partial charge in [-0.1, -0.05) is 0 Å². The van der Waals surface area contributed by atoms with Crippen molar-refractivity contribution in [3.05, 3.63) is 17.0 Å². The first-order chi connectivity index (χ1) is 6.88. The monoisotopic (exact) mass is 242 g/mol. The van der Waals surface area contributed by atoms with Crippen LogP contribution in [-0.2, 0) is 12.6 Å². The number of alkyl halides is 4. The first-order valence-electron chi connectivity index (χ1n) is 3.81. The van der Waals surface area contributed by atoms with Gasteiger partial charge in [0.25, 0.3) is 0 Å². The fourth-order valence-electron chi connectivity index (χ4n) is 1.09. The molecule has 0 radical (unpaired) electrons. The lowest BCUT2D eigenvalue weighted by atomic mass is 10.1. The van der Waals surface area contributed by atoms with Crippen LogP contribution in [0.1, 0.15) is 21.7 Å². The Hall–Kier alpha value is -1.24. The number of nitrogens with one attached hydrogen (secondary N) is 1. The third-order valence-corrected chi connectivity index (χ3v) is 1.86. The van der Waals surface area contributed by atoms with Gasteiger partial charge in [-0.2, -0.15) is 18.3 Å². The molecule has 0 unspecified atom stereocenters. The fraction of sp³-hybridized carbons (Fsp3) is 0.429. The van der Waals surface area contributed by atoms with E-state index < -0.39 is 23.4 Å². The molecular formula is C7H6ClF3N2O2. The molecule has 0 spiro atoms. The molecule has 0 saturated carbocycles. The summed E-state index contributed by atoms with van der Waals surface area (Å²) in [5, 5.41) is 13.6. The summed E-state index contributed by atoms with van der Waals surface area (Å²) in [7, 11) is 0. The summed E-state index contributed by atoms with van der Waals surface area (Å²) in [5.74, 6) is -1.66. The summed E-state index contributed by atoms with van der Waals surface area (Å²) in [6.45, 7) is 0. The van der Waals surface area contributed by atoms with Gasteiger partial charge < -0.3 is 5.11 Å². The number of hydrogen-bond donors (Lipinski definition) is 2. The van der Waals surface area contributed by atoms with Gasteiger partial charge >= 0.3 is 12.1 Å². The predicted molar refractivity (Wildman–Crippen MR) is 45.0 cm³/mol. The Morgan fingerprint density at radius 3 is 2.53 bits per heavy atom. The lowest BCUT2D eigenvalue weighted by Crippen LogP contribution is -2.13. The van der Waals surface area contributed by atoms with Crippen LogP contribution in [0.5, 0.6) is 0 Å². The summed E-state index contributed by atoms with van der Waals surface area (Å²) in [6, 6.07) is 0. The summed E-state index contributed by atoms with van der Waals surface area (Å²) in [6.07, 6.45) is -4.79. The summed E-state index contributed by atoms with van der Waals surface area (Å²) < 4.78 is 36.9. The highest BCUT2D eigenvalue weighted by Crippen LogP contribution is 2.31. The van der Waals surface area contributed by atoms with Gasteiger partial charge in [0.05, 0.1) is 5.69 Å². The van der Waals surface area contributed by atoms with E-state index in [2.05, 4.69) is 5.10 Å². The minimum Gasteiger partial charge on any atom is -0.478 e.